The van der Waals surface area contributed by atoms with Gasteiger partial charge in [-0.25, -0.2) is 9.89 Å². The Bertz CT molecular complexity index is 1190. The maximum absolute atomic E-state index is 13.3. The van der Waals surface area contributed by atoms with Crippen molar-refractivity contribution in [3.63, 3.8) is 0 Å². The summed E-state index contributed by atoms with van der Waals surface area (Å²) in [6, 6.07) is 14.4. The molecule has 2 aliphatic rings. The van der Waals surface area contributed by atoms with Crippen molar-refractivity contribution in [1.82, 2.24) is 10.2 Å². The number of rotatable bonds is 9. The van der Waals surface area contributed by atoms with Crippen molar-refractivity contribution in [2.75, 3.05) is 17.6 Å². The molecule has 4 rings (SSSR count). The highest BCUT2D eigenvalue weighted by Gasteiger charge is 2.41. The van der Waals surface area contributed by atoms with E-state index in [0.717, 1.165) is 29.7 Å². The van der Waals surface area contributed by atoms with Gasteiger partial charge in [-0.15, -0.1) is 0 Å². The number of unbranched alkanes of at least 4 members (excludes halogenated alkanes) is 1. The number of anilines is 1. The van der Waals surface area contributed by atoms with Crippen LogP contribution in [-0.4, -0.2) is 52.0 Å². The van der Waals surface area contributed by atoms with Crippen LogP contribution in [0.4, 0.5) is 11.4 Å². The van der Waals surface area contributed by atoms with Gasteiger partial charge in [0.2, 0.25) is 11.8 Å². The molecule has 182 valence electrons. The number of aliphatic imine (C=N–C) groups is 2. The van der Waals surface area contributed by atoms with E-state index in [9.17, 15) is 14.4 Å². The Labute approximate surface area is 209 Å². The predicted molar refractivity (Wildman–Crippen MR) is 140 cm³/mol. The van der Waals surface area contributed by atoms with Crippen molar-refractivity contribution >= 4 is 51.9 Å². The van der Waals surface area contributed by atoms with Crippen LogP contribution in [0.15, 0.2) is 58.5 Å². The number of thioether (sulfide) groups is 1. The number of carbonyl (C=O) groups is 3. The van der Waals surface area contributed by atoms with E-state index < -0.39 is 6.04 Å². The number of amides is 3. The molecule has 2 aliphatic heterocycles. The molecule has 2 heterocycles. The second kappa shape index (κ2) is 11.3. The summed E-state index contributed by atoms with van der Waals surface area (Å²) in [5, 5.41) is 6.18. The highest BCUT2D eigenvalue weighted by atomic mass is 32.2. The van der Waals surface area contributed by atoms with E-state index in [1.807, 2.05) is 55.5 Å². The van der Waals surface area contributed by atoms with Crippen molar-refractivity contribution in [1.29, 1.82) is 0 Å². The molecule has 2 aromatic carbocycles. The van der Waals surface area contributed by atoms with E-state index in [2.05, 4.69) is 27.5 Å². The summed E-state index contributed by atoms with van der Waals surface area (Å²) < 4.78 is 0. The minimum Gasteiger partial charge on any atom is -0.356 e. The molecular weight excluding hydrogens is 462 g/mol. The molecule has 0 radical (unpaired) electrons. The van der Waals surface area contributed by atoms with E-state index in [4.69, 9.17) is 0 Å². The summed E-state index contributed by atoms with van der Waals surface area (Å²) >= 11 is 1.20. The Hall–Kier alpha value is -3.46. The third kappa shape index (κ3) is 5.97. The fourth-order valence-electron chi connectivity index (χ4n) is 3.90. The lowest BCUT2D eigenvalue weighted by atomic mass is 10.1. The first-order valence-electron chi connectivity index (χ1n) is 11.8. The number of hydrogen-bond acceptors (Lipinski definition) is 6. The van der Waals surface area contributed by atoms with E-state index in [1.54, 1.807) is 0 Å². The van der Waals surface area contributed by atoms with Gasteiger partial charge < -0.3 is 10.6 Å². The number of hydrogen-bond donors (Lipinski definition) is 2. The number of aryl methyl sites for hydroxylation is 1. The molecule has 0 aliphatic carbocycles. The highest BCUT2D eigenvalue weighted by molar-refractivity contribution is 8.14. The van der Waals surface area contributed by atoms with Crippen LogP contribution in [0, 0.1) is 6.92 Å². The SMILES string of the molecule is CCCCNC(=O)CC[C@H]1N=C2c3ccccc3N=C(SCC(=O)Nc3cccc(C)c3)N2C1=O. The molecule has 0 fully saturated rings. The minimum atomic E-state index is -0.653. The fraction of sp³-hybridized carbons (Fsp3) is 0.346. The predicted octanol–water partition coefficient (Wildman–Crippen LogP) is 4.02. The first-order valence-corrected chi connectivity index (χ1v) is 12.8. The summed E-state index contributed by atoms with van der Waals surface area (Å²) in [5.74, 6) is 0.136. The maximum atomic E-state index is 13.3. The average molecular weight is 492 g/mol. The Morgan fingerprint density at radius 1 is 1.11 bits per heavy atom. The van der Waals surface area contributed by atoms with Gasteiger partial charge >= 0.3 is 0 Å². The molecule has 0 spiro atoms. The van der Waals surface area contributed by atoms with Crippen LogP contribution in [-0.2, 0) is 14.4 Å². The van der Waals surface area contributed by atoms with E-state index in [1.165, 1.54) is 16.7 Å². The molecule has 0 aromatic heterocycles. The molecule has 35 heavy (non-hydrogen) atoms. The number of para-hydroxylation sites is 1. The Kier molecular flexibility index (Phi) is 7.97. The zero-order valence-corrected chi connectivity index (χ0v) is 20.7. The maximum Gasteiger partial charge on any atom is 0.259 e. The van der Waals surface area contributed by atoms with Gasteiger partial charge in [-0.2, -0.15) is 0 Å². The van der Waals surface area contributed by atoms with Gasteiger partial charge in [0, 0.05) is 24.2 Å². The van der Waals surface area contributed by atoms with Gasteiger partial charge in [0.1, 0.15) is 11.9 Å². The van der Waals surface area contributed by atoms with Gasteiger partial charge in [-0.05, 0) is 49.6 Å². The molecule has 0 unspecified atom stereocenters. The van der Waals surface area contributed by atoms with Crippen LogP contribution in [0.1, 0.15) is 43.7 Å². The van der Waals surface area contributed by atoms with E-state index in [-0.39, 0.29) is 29.9 Å². The largest absolute Gasteiger partial charge is 0.356 e. The quantitative estimate of drug-likeness (QED) is 0.517. The highest BCUT2D eigenvalue weighted by Crippen LogP contribution is 2.34. The molecule has 0 bridgehead atoms. The van der Waals surface area contributed by atoms with Gasteiger partial charge in [0.15, 0.2) is 5.17 Å². The van der Waals surface area contributed by atoms with Crippen LogP contribution in [0.5, 0.6) is 0 Å². The summed E-state index contributed by atoms with van der Waals surface area (Å²) in [6.07, 6.45) is 2.48. The molecule has 0 saturated heterocycles. The van der Waals surface area contributed by atoms with Gasteiger partial charge in [0.05, 0.1) is 11.4 Å². The summed E-state index contributed by atoms with van der Waals surface area (Å²) in [6.45, 7) is 4.67. The van der Waals surface area contributed by atoms with Crippen LogP contribution >= 0.6 is 11.8 Å². The van der Waals surface area contributed by atoms with Gasteiger partial charge in [0.25, 0.3) is 5.91 Å². The summed E-state index contributed by atoms with van der Waals surface area (Å²) in [4.78, 5) is 48.8. The normalized spacial score (nSPS) is 16.2. The third-order valence-electron chi connectivity index (χ3n) is 5.68. The molecule has 2 aromatic rings. The lowest BCUT2D eigenvalue weighted by Crippen LogP contribution is -2.41. The Morgan fingerprint density at radius 3 is 2.74 bits per heavy atom. The summed E-state index contributed by atoms with van der Waals surface area (Å²) in [5.41, 5.74) is 3.25. The number of nitrogens with zero attached hydrogens (tertiary/aromatic N) is 3. The van der Waals surface area contributed by atoms with Crippen molar-refractivity contribution in [2.24, 2.45) is 9.98 Å². The molecule has 9 heteroatoms. The van der Waals surface area contributed by atoms with Crippen molar-refractivity contribution in [3.8, 4) is 0 Å². The number of nitrogens with one attached hydrogen (secondary N) is 2. The molecule has 3 amide bonds. The topological polar surface area (TPSA) is 103 Å². The molecule has 2 N–H and O–H groups in total. The number of amidine groups is 2. The molecular formula is C26H29N5O3S. The van der Waals surface area contributed by atoms with Crippen molar-refractivity contribution < 1.29 is 14.4 Å². The van der Waals surface area contributed by atoms with Gasteiger partial charge in [-0.1, -0.05) is 49.4 Å². The number of benzene rings is 2. The monoisotopic (exact) mass is 491 g/mol. The Balaban J connectivity index is 1.45. The standard InChI is InChI=1S/C26H29N5O3S/c1-3-4-14-27-22(32)13-12-21-25(34)31-24(29-21)19-10-5-6-11-20(19)30-26(31)35-16-23(33)28-18-9-7-8-17(2)15-18/h5-11,15,21H,3-4,12-14,16H2,1-2H3,(H,27,32)(H,28,33)/t21-/m1/s1. The zero-order valence-electron chi connectivity index (χ0n) is 19.9. The second-order valence-corrected chi connectivity index (χ2v) is 9.44. The minimum absolute atomic E-state index is 0.0761. The number of fused-ring (bicyclic) bond motifs is 3. The second-order valence-electron chi connectivity index (χ2n) is 8.50. The van der Waals surface area contributed by atoms with E-state index in [0.29, 0.717) is 29.7 Å². The van der Waals surface area contributed by atoms with Crippen LogP contribution in [0.25, 0.3) is 0 Å². The molecule has 1 atom stereocenters. The first-order chi connectivity index (χ1) is 17.0. The summed E-state index contributed by atoms with van der Waals surface area (Å²) in [7, 11) is 0. The smallest absolute Gasteiger partial charge is 0.259 e. The Morgan fingerprint density at radius 2 is 1.94 bits per heavy atom. The zero-order chi connectivity index (χ0) is 24.8. The first kappa shape index (κ1) is 24.7. The van der Waals surface area contributed by atoms with Crippen LogP contribution in [0.3, 0.4) is 0 Å². The van der Waals surface area contributed by atoms with Crippen LogP contribution < -0.4 is 10.6 Å². The van der Waals surface area contributed by atoms with Gasteiger partial charge in [-0.3, -0.25) is 19.4 Å². The lowest BCUT2D eigenvalue weighted by molar-refractivity contribution is -0.125. The van der Waals surface area contributed by atoms with Crippen LogP contribution in [0.2, 0.25) is 0 Å². The average Bonchev–Trinajstić information content (AvgIpc) is 3.18. The molecule has 8 nitrogen and oxygen atoms in total. The molecule has 0 saturated carbocycles. The van der Waals surface area contributed by atoms with Crippen molar-refractivity contribution in [2.45, 2.75) is 45.6 Å². The third-order valence-corrected chi connectivity index (χ3v) is 6.62. The fourth-order valence-corrected chi connectivity index (χ4v) is 4.70. The number of carbonyl (C=O) groups excluding carboxylic acids is 3. The van der Waals surface area contributed by atoms with E-state index >= 15 is 0 Å². The van der Waals surface area contributed by atoms with Crippen molar-refractivity contribution in [3.05, 3.63) is 59.7 Å². The lowest BCUT2D eigenvalue weighted by Gasteiger charge is -2.25.